The standard InChI is InChI=1S/C13H21NO/c1-4-7-13(14-3)11-8-6-9-12(10-11)15-5-2/h6,8-10,13-14H,4-5,7H2,1-3H3. The van der Waals surface area contributed by atoms with Crippen LogP contribution in [0.25, 0.3) is 0 Å². The van der Waals surface area contributed by atoms with Crippen molar-refractivity contribution in [2.24, 2.45) is 0 Å². The van der Waals surface area contributed by atoms with Crippen molar-refractivity contribution < 1.29 is 4.74 Å². The molecule has 1 unspecified atom stereocenters. The quantitative estimate of drug-likeness (QED) is 0.773. The first kappa shape index (κ1) is 12.1. The Morgan fingerprint density at radius 3 is 2.73 bits per heavy atom. The summed E-state index contributed by atoms with van der Waals surface area (Å²) in [6, 6.07) is 8.78. The molecule has 0 bridgehead atoms. The zero-order valence-corrected chi connectivity index (χ0v) is 9.92. The summed E-state index contributed by atoms with van der Waals surface area (Å²) in [5.74, 6) is 0.964. The van der Waals surface area contributed by atoms with Gasteiger partial charge < -0.3 is 10.1 Å². The zero-order chi connectivity index (χ0) is 11.1. The van der Waals surface area contributed by atoms with E-state index in [0.717, 1.165) is 18.8 Å². The summed E-state index contributed by atoms with van der Waals surface area (Å²) in [7, 11) is 2.01. The highest BCUT2D eigenvalue weighted by atomic mass is 16.5. The molecule has 1 N–H and O–H groups in total. The normalized spacial score (nSPS) is 12.5. The van der Waals surface area contributed by atoms with Gasteiger partial charge in [0.15, 0.2) is 0 Å². The molecule has 0 aliphatic heterocycles. The van der Waals surface area contributed by atoms with Crippen molar-refractivity contribution >= 4 is 0 Å². The fraction of sp³-hybridized carbons (Fsp3) is 0.538. The SMILES string of the molecule is CCCC(NC)c1cccc(OCC)c1. The van der Waals surface area contributed by atoms with Crippen LogP contribution in [0.5, 0.6) is 5.75 Å². The molecule has 0 heterocycles. The fourth-order valence-electron chi connectivity index (χ4n) is 1.75. The van der Waals surface area contributed by atoms with Gasteiger partial charge in [0.2, 0.25) is 0 Å². The van der Waals surface area contributed by atoms with Crippen molar-refractivity contribution in [3.8, 4) is 5.75 Å². The predicted octanol–water partition coefficient (Wildman–Crippen LogP) is 3.15. The van der Waals surface area contributed by atoms with E-state index in [-0.39, 0.29) is 0 Å². The van der Waals surface area contributed by atoms with Gasteiger partial charge >= 0.3 is 0 Å². The monoisotopic (exact) mass is 207 g/mol. The lowest BCUT2D eigenvalue weighted by Gasteiger charge is -2.16. The van der Waals surface area contributed by atoms with Crippen LogP contribution in [-0.2, 0) is 0 Å². The molecule has 0 saturated carbocycles. The molecule has 1 aromatic rings. The van der Waals surface area contributed by atoms with E-state index < -0.39 is 0 Å². The third-order valence-corrected chi connectivity index (χ3v) is 2.50. The molecule has 1 aromatic carbocycles. The third kappa shape index (κ3) is 3.56. The second-order valence-electron chi connectivity index (χ2n) is 3.64. The van der Waals surface area contributed by atoms with Crippen molar-refractivity contribution in [3.63, 3.8) is 0 Å². The van der Waals surface area contributed by atoms with E-state index in [1.54, 1.807) is 0 Å². The second-order valence-corrected chi connectivity index (χ2v) is 3.64. The molecule has 2 nitrogen and oxygen atoms in total. The maximum atomic E-state index is 5.49. The van der Waals surface area contributed by atoms with Gasteiger partial charge in [-0.1, -0.05) is 25.5 Å². The number of hydrogen-bond donors (Lipinski definition) is 1. The molecule has 2 heteroatoms. The summed E-state index contributed by atoms with van der Waals surface area (Å²) in [6.07, 6.45) is 2.34. The third-order valence-electron chi connectivity index (χ3n) is 2.50. The van der Waals surface area contributed by atoms with E-state index in [2.05, 4.69) is 30.4 Å². The van der Waals surface area contributed by atoms with Gasteiger partial charge in [-0.2, -0.15) is 0 Å². The average Bonchev–Trinajstić information content (AvgIpc) is 2.27. The molecule has 1 atom stereocenters. The molecular formula is C13H21NO. The van der Waals surface area contributed by atoms with E-state index in [0.29, 0.717) is 6.04 Å². The number of benzene rings is 1. The van der Waals surface area contributed by atoms with Gasteiger partial charge in [-0.15, -0.1) is 0 Å². The molecule has 0 aliphatic carbocycles. The molecule has 84 valence electrons. The summed E-state index contributed by atoms with van der Waals surface area (Å²) in [4.78, 5) is 0. The smallest absolute Gasteiger partial charge is 0.119 e. The van der Waals surface area contributed by atoms with E-state index in [1.807, 2.05) is 20.0 Å². The van der Waals surface area contributed by atoms with Crippen LogP contribution in [0.1, 0.15) is 38.3 Å². The Hall–Kier alpha value is -1.02. The summed E-state index contributed by atoms with van der Waals surface area (Å²) < 4.78 is 5.49. The molecule has 0 aliphatic rings. The summed E-state index contributed by atoms with van der Waals surface area (Å²) >= 11 is 0. The molecule has 1 rings (SSSR count). The minimum Gasteiger partial charge on any atom is -0.494 e. The number of rotatable bonds is 6. The molecule has 0 spiro atoms. The minimum atomic E-state index is 0.440. The van der Waals surface area contributed by atoms with Crippen molar-refractivity contribution in [2.45, 2.75) is 32.7 Å². The Bertz CT molecular complexity index is 286. The lowest BCUT2D eigenvalue weighted by atomic mass is 10.0. The van der Waals surface area contributed by atoms with Crippen LogP contribution in [0, 0.1) is 0 Å². The highest BCUT2D eigenvalue weighted by Gasteiger charge is 2.08. The highest BCUT2D eigenvalue weighted by Crippen LogP contribution is 2.22. The molecule has 0 amide bonds. The maximum Gasteiger partial charge on any atom is 0.119 e. The van der Waals surface area contributed by atoms with Gasteiger partial charge in [-0.05, 0) is 38.1 Å². The second kappa shape index (κ2) is 6.46. The maximum absolute atomic E-state index is 5.49. The van der Waals surface area contributed by atoms with Crippen LogP contribution in [0.4, 0.5) is 0 Å². The molecule has 0 fully saturated rings. The lowest BCUT2D eigenvalue weighted by molar-refractivity contribution is 0.339. The van der Waals surface area contributed by atoms with Gasteiger partial charge in [0.05, 0.1) is 6.61 Å². The van der Waals surface area contributed by atoms with Gasteiger partial charge in [-0.25, -0.2) is 0 Å². The molecule has 0 saturated heterocycles. The van der Waals surface area contributed by atoms with Gasteiger partial charge in [0.25, 0.3) is 0 Å². The molecule has 0 radical (unpaired) electrons. The number of ether oxygens (including phenoxy) is 1. The topological polar surface area (TPSA) is 21.3 Å². The van der Waals surface area contributed by atoms with E-state index in [1.165, 1.54) is 12.0 Å². The lowest BCUT2D eigenvalue weighted by Crippen LogP contribution is -2.15. The van der Waals surface area contributed by atoms with Crippen LogP contribution in [-0.4, -0.2) is 13.7 Å². The summed E-state index contributed by atoms with van der Waals surface area (Å²) in [5.41, 5.74) is 1.31. The Morgan fingerprint density at radius 1 is 1.33 bits per heavy atom. The van der Waals surface area contributed by atoms with Crippen LogP contribution in [0.3, 0.4) is 0 Å². The van der Waals surface area contributed by atoms with Crippen LogP contribution < -0.4 is 10.1 Å². The summed E-state index contributed by atoms with van der Waals surface area (Å²) in [6.45, 7) is 4.94. The van der Waals surface area contributed by atoms with E-state index in [4.69, 9.17) is 4.74 Å². The van der Waals surface area contributed by atoms with Gasteiger partial charge in [0.1, 0.15) is 5.75 Å². The number of nitrogens with one attached hydrogen (secondary N) is 1. The van der Waals surface area contributed by atoms with E-state index >= 15 is 0 Å². The van der Waals surface area contributed by atoms with Gasteiger partial charge in [0, 0.05) is 6.04 Å². The molecular weight excluding hydrogens is 186 g/mol. The van der Waals surface area contributed by atoms with Crippen molar-refractivity contribution in [2.75, 3.05) is 13.7 Å². The predicted molar refractivity (Wildman–Crippen MR) is 64.3 cm³/mol. The fourth-order valence-corrected chi connectivity index (χ4v) is 1.75. The van der Waals surface area contributed by atoms with Crippen molar-refractivity contribution in [3.05, 3.63) is 29.8 Å². The van der Waals surface area contributed by atoms with Crippen molar-refractivity contribution in [1.82, 2.24) is 5.32 Å². The van der Waals surface area contributed by atoms with Crippen LogP contribution in [0.15, 0.2) is 24.3 Å². The number of hydrogen-bond acceptors (Lipinski definition) is 2. The average molecular weight is 207 g/mol. The van der Waals surface area contributed by atoms with Crippen molar-refractivity contribution in [1.29, 1.82) is 0 Å². The van der Waals surface area contributed by atoms with Crippen LogP contribution >= 0.6 is 0 Å². The Balaban J connectivity index is 2.77. The summed E-state index contributed by atoms with van der Waals surface area (Å²) in [5, 5.41) is 3.33. The first-order chi connectivity index (χ1) is 7.31. The van der Waals surface area contributed by atoms with E-state index in [9.17, 15) is 0 Å². The molecule has 0 aromatic heterocycles. The first-order valence-electron chi connectivity index (χ1n) is 5.71. The first-order valence-corrected chi connectivity index (χ1v) is 5.71. The van der Waals surface area contributed by atoms with Gasteiger partial charge in [-0.3, -0.25) is 0 Å². The highest BCUT2D eigenvalue weighted by molar-refractivity contribution is 5.30. The Kier molecular flexibility index (Phi) is 5.19. The largest absolute Gasteiger partial charge is 0.494 e. The Morgan fingerprint density at radius 2 is 2.13 bits per heavy atom. The minimum absolute atomic E-state index is 0.440. The Labute approximate surface area is 92.6 Å². The molecule has 15 heavy (non-hydrogen) atoms. The van der Waals surface area contributed by atoms with Crippen LogP contribution in [0.2, 0.25) is 0 Å². The zero-order valence-electron chi connectivity index (χ0n) is 9.92.